The highest BCUT2D eigenvalue weighted by Gasteiger charge is 2.47. The van der Waals surface area contributed by atoms with Crippen LogP contribution in [0.3, 0.4) is 0 Å². The number of hydrogen-bond donors (Lipinski definition) is 3. The molecule has 2 aromatic heterocycles. The minimum atomic E-state index is -0.747. The number of phenolic OH excluding ortho intramolecular Hbond substituents is 1. The van der Waals surface area contributed by atoms with Gasteiger partial charge in [-0.1, -0.05) is 12.0 Å². The highest BCUT2D eigenvalue weighted by atomic mass is 19.1. The van der Waals surface area contributed by atoms with Crippen LogP contribution in [-0.2, 0) is 9.59 Å². The van der Waals surface area contributed by atoms with Crippen LogP contribution in [0.15, 0.2) is 48.7 Å². The minimum absolute atomic E-state index is 0.0212. The van der Waals surface area contributed by atoms with Gasteiger partial charge in [-0.05, 0) is 99.1 Å². The summed E-state index contributed by atoms with van der Waals surface area (Å²) in [7, 11) is 1.50. The summed E-state index contributed by atoms with van der Waals surface area (Å²) in [6.45, 7) is 8.23. The molecule has 12 rings (SSSR count). The number of anilines is 2. The Bertz CT molecular complexity index is 3210. The van der Waals surface area contributed by atoms with Crippen molar-refractivity contribution >= 4 is 56.8 Å². The number of ether oxygens (including phenoxy) is 2. The molecular weight excluding hydrogens is 975 g/mol. The van der Waals surface area contributed by atoms with Crippen molar-refractivity contribution < 1.29 is 42.5 Å². The molecule has 3 unspecified atom stereocenters. The van der Waals surface area contributed by atoms with Gasteiger partial charge < -0.3 is 39.5 Å². The number of carbonyl (C=O) groups excluding carboxylic acids is 4. The number of terminal acetylenes is 1. The normalized spacial score (nSPS) is 23.5. The molecule has 7 fully saturated rings. The zero-order valence-electron chi connectivity index (χ0n) is 42.7. The maximum absolute atomic E-state index is 17.2. The number of phenols is 1. The average molecular weight is 1040 g/mol. The number of rotatable bonds is 12. The summed E-state index contributed by atoms with van der Waals surface area (Å²) in [4.78, 5) is 76.8. The van der Waals surface area contributed by atoms with Crippen molar-refractivity contribution in [2.45, 2.75) is 76.3 Å². The number of piperazine rings is 2. The second-order valence-electron chi connectivity index (χ2n) is 22.3. The second kappa shape index (κ2) is 19.8. The number of halogens is 2. The fourth-order valence-corrected chi connectivity index (χ4v) is 13.0. The number of aromatic hydroxyl groups is 1. The molecule has 1 spiro atoms. The van der Waals surface area contributed by atoms with Crippen molar-refractivity contribution in [2.24, 2.45) is 16.7 Å². The summed E-state index contributed by atoms with van der Waals surface area (Å²) in [5, 5.41) is 17.9. The van der Waals surface area contributed by atoms with Crippen LogP contribution < -0.4 is 29.9 Å². The molecule has 2 bridgehead atoms. The van der Waals surface area contributed by atoms with E-state index >= 15 is 8.78 Å². The number of nitrogens with one attached hydrogen (secondary N) is 2. The Morgan fingerprint density at radius 2 is 1.67 bits per heavy atom. The molecule has 3 atom stereocenters. The highest BCUT2D eigenvalue weighted by Crippen LogP contribution is 2.48. The summed E-state index contributed by atoms with van der Waals surface area (Å²) < 4.78 is 44.2. The molecule has 2 saturated carbocycles. The number of carbonyl (C=O) groups is 4. The van der Waals surface area contributed by atoms with E-state index in [2.05, 4.69) is 36.2 Å². The molecule has 7 aliphatic rings. The second-order valence-corrected chi connectivity index (χ2v) is 22.3. The number of fused-ring (bicyclic) bond motifs is 4. The highest BCUT2D eigenvalue weighted by molar-refractivity contribution is 6.07. The van der Waals surface area contributed by atoms with Gasteiger partial charge in [0.2, 0.25) is 5.91 Å². The van der Waals surface area contributed by atoms with Gasteiger partial charge in [0.15, 0.2) is 5.82 Å². The number of piperidine rings is 1. The molecule has 5 aliphatic heterocycles. The Kier molecular flexibility index (Phi) is 13.0. The number of ketones is 1. The molecule has 0 radical (unpaired) electrons. The van der Waals surface area contributed by atoms with Gasteiger partial charge in [0, 0.05) is 130 Å². The monoisotopic (exact) mass is 1040 g/mol. The molecule has 76 heavy (non-hydrogen) atoms. The smallest absolute Gasteiger partial charge is 0.328 e. The molecule has 7 heterocycles. The lowest BCUT2D eigenvalue weighted by atomic mass is 9.64. The zero-order valence-corrected chi connectivity index (χ0v) is 42.7. The number of likely N-dealkylation sites (tertiary alicyclic amines) is 1. The number of Topliss-reactive ketones (excluding diaryl/α,β-unsaturated/α-hetero) is 1. The van der Waals surface area contributed by atoms with E-state index in [0.29, 0.717) is 91.4 Å². The molecule has 17 nitrogen and oxygen atoms in total. The Labute approximate surface area is 439 Å². The standard InChI is InChI=1S/C57H62F2N10O7/c1-3-40-43(58)8-4-35-25-39(70)27-41(48(35)40)50-49(59)51-42(28-60-50)52(68-30-37-6-7-38(31-68)61-37)64-54(63-51)76-33-56(13-14-56)32-66-22-20-65(21-23-66)29-34-10-12-57(46(71)24-34)15-18-67(19-16-57)53(73)36-5-9-45(75-2)44(26-36)69-17-11-47(72)62-55(69)74/h1,4-5,8-9,25-28,34,37-38,61,70H,6-7,10-24,29-33H2,2H3,(H,62,72,74). The van der Waals surface area contributed by atoms with E-state index in [1.54, 1.807) is 29.3 Å². The number of aromatic nitrogens is 3. The van der Waals surface area contributed by atoms with E-state index in [1.807, 2.05) is 0 Å². The number of nitrogens with zero attached hydrogens (tertiary/aromatic N) is 8. The number of amides is 4. The van der Waals surface area contributed by atoms with Crippen molar-refractivity contribution in [3.8, 4) is 41.1 Å². The largest absolute Gasteiger partial charge is 0.508 e. The van der Waals surface area contributed by atoms with Crippen LogP contribution in [-0.4, -0.2) is 156 Å². The van der Waals surface area contributed by atoms with E-state index in [0.717, 1.165) is 77.8 Å². The van der Waals surface area contributed by atoms with Gasteiger partial charge in [-0.25, -0.2) is 13.6 Å². The van der Waals surface area contributed by atoms with E-state index < -0.39 is 23.1 Å². The Morgan fingerprint density at radius 1 is 0.908 bits per heavy atom. The van der Waals surface area contributed by atoms with Crippen LogP contribution in [0.1, 0.15) is 80.1 Å². The van der Waals surface area contributed by atoms with Crippen molar-refractivity contribution in [3.63, 3.8) is 0 Å². The molecule has 3 N–H and O–H groups in total. The SMILES string of the molecule is C#Cc1c(F)ccc2cc(O)cc(-c3ncc4c(N5CC6CCC(C5)N6)nc(OCC5(CN6CCN(CC7CCC8(CCN(C(=O)c9ccc(OC)c(N%10CCC(=O)NC%10=O)c9)CC8)C(=O)C7)CC6)CC5)nc4c3F)c12. The predicted molar refractivity (Wildman–Crippen MR) is 280 cm³/mol. The van der Waals surface area contributed by atoms with Gasteiger partial charge >= 0.3 is 12.0 Å². The molecule has 5 aromatic rings. The Morgan fingerprint density at radius 3 is 2.38 bits per heavy atom. The molecule has 5 saturated heterocycles. The first-order chi connectivity index (χ1) is 36.8. The predicted octanol–water partition coefficient (Wildman–Crippen LogP) is 6.27. The Balaban J connectivity index is 0.664. The number of hydrogen-bond acceptors (Lipinski definition) is 14. The first-order valence-electron chi connectivity index (χ1n) is 26.8. The summed E-state index contributed by atoms with van der Waals surface area (Å²) in [6.07, 6.45) is 15.1. The summed E-state index contributed by atoms with van der Waals surface area (Å²) in [5.41, 5.74) is 0.349. The summed E-state index contributed by atoms with van der Waals surface area (Å²) in [5.74, 6) is 1.95. The van der Waals surface area contributed by atoms with Crippen molar-refractivity contribution in [3.05, 3.63) is 71.4 Å². The van der Waals surface area contributed by atoms with Gasteiger partial charge in [0.25, 0.3) is 5.91 Å². The topological polar surface area (TPSA) is 186 Å². The maximum atomic E-state index is 17.2. The van der Waals surface area contributed by atoms with Crippen LogP contribution in [0.25, 0.3) is 32.9 Å². The van der Waals surface area contributed by atoms with E-state index in [9.17, 15) is 24.3 Å². The van der Waals surface area contributed by atoms with Gasteiger partial charge in [-0.3, -0.25) is 29.6 Å². The third-order valence-corrected chi connectivity index (χ3v) is 17.5. The number of imide groups is 1. The lowest BCUT2D eigenvalue weighted by molar-refractivity contribution is -0.136. The number of benzene rings is 3. The first kappa shape index (κ1) is 49.8. The summed E-state index contributed by atoms with van der Waals surface area (Å²) in [6, 6.07) is 10.6. The molecule has 3 aromatic carbocycles. The third-order valence-electron chi connectivity index (χ3n) is 17.5. The van der Waals surface area contributed by atoms with Gasteiger partial charge in [-0.15, -0.1) is 6.42 Å². The van der Waals surface area contributed by atoms with Crippen LogP contribution in [0, 0.1) is 40.7 Å². The third kappa shape index (κ3) is 9.42. The average Bonchev–Trinajstić information content (AvgIpc) is 4.16. The number of urea groups is 1. The quantitative estimate of drug-likeness (QED) is 0.119. The van der Waals surface area contributed by atoms with Crippen LogP contribution in [0.2, 0.25) is 0 Å². The van der Waals surface area contributed by atoms with Gasteiger partial charge in [-0.2, -0.15) is 9.97 Å². The molecule has 396 valence electrons. The van der Waals surface area contributed by atoms with Crippen molar-refractivity contribution in [1.82, 2.24) is 40.3 Å². The first-order valence-corrected chi connectivity index (χ1v) is 26.8. The molecule has 19 heteroatoms. The van der Waals surface area contributed by atoms with Crippen LogP contribution in [0.4, 0.5) is 25.1 Å². The number of methoxy groups -OCH3 is 1. The van der Waals surface area contributed by atoms with E-state index in [1.165, 1.54) is 36.3 Å². The van der Waals surface area contributed by atoms with Crippen LogP contribution >= 0.6 is 0 Å². The summed E-state index contributed by atoms with van der Waals surface area (Å²) >= 11 is 0. The maximum Gasteiger partial charge on any atom is 0.328 e. The lowest BCUT2D eigenvalue weighted by Crippen LogP contribution is -2.52. The fraction of sp³-hybridized carbons (Fsp3) is 0.491. The van der Waals surface area contributed by atoms with Gasteiger partial charge in [0.1, 0.15) is 40.1 Å². The van der Waals surface area contributed by atoms with E-state index in [-0.39, 0.29) is 87.7 Å². The fourth-order valence-electron chi connectivity index (χ4n) is 13.0. The molecular formula is C57H62F2N10O7. The van der Waals surface area contributed by atoms with Crippen molar-refractivity contribution in [1.29, 1.82) is 0 Å². The Hall–Kier alpha value is -7.01. The zero-order chi connectivity index (χ0) is 52.5. The molecule has 2 aliphatic carbocycles. The number of pyridine rings is 1. The van der Waals surface area contributed by atoms with Crippen molar-refractivity contribution in [2.75, 3.05) is 95.5 Å². The lowest BCUT2D eigenvalue weighted by Gasteiger charge is -2.45. The molecule has 4 amide bonds. The minimum Gasteiger partial charge on any atom is -0.508 e. The van der Waals surface area contributed by atoms with Crippen LogP contribution in [0.5, 0.6) is 17.5 Å². The van der Waals surface area contributed by atoms with Gasteiger partial charge in [0.05, 0.1) is 30.4 Å². The van der Waals surface area contributed by atoms with E-state index in [4.69, 9.17) is 25.9 Å².